The zero-order valence-electron chi connectivity index (χ0n) is 12.9. The van der Waals surface area contributed by atoms with Crippen LogP contribution in [0.25, 0.3) is 0 Å². The summed E-state index contributed by atoms with van der Waals surface area (Å²) in [5.41, 5.74) is 2.84. The van der Waals surface area contributed by atoms with Crippen molar-refractivity contribution in [1.29, 1.82) is 0 Å². The molecule has 1 N–H and O–H groups in total. The van der Waals surface area contributed by atoms with Gasteiger partial charge < -0.3 is 10.1 Å². The van der Waals surface area contributed by atoms with Gasteiger partial charge in [-0.05, 0) is 38.0 Å². The van der Waals surface area contributed by atoms with Crippen LogP contribution in [0, 0.1) is 5.92 Å². The Bertz CT molecular complexity index is 455. The minimum atomic E-state index is 0.415. The molecule has 1 aliphatic carbocycles. The van der Waals surface area contributed by atoms with Crippen molar-refractivity contribution in [2.75, 3.05) is 6.61 Å². The Labute approximate surface area is 121 Å². The van der Waals surface area contributed by atoms with Crippen LogP contribution in [-0.2, 0) is 18.2 Å². The molecule has 1 aliphatic heterocycles. The lowest BCUT2D eigenvalue weighted by Crippen LogP contribution is -2.43. The smallest absolute Gasteiger partial charge is 0.0612 e. The average Bonchev–Trinajstić information content (AvgIpc) is 2.82. The number of nitrogens with one attached hydrogen (secondary N) is 1. The third-order valence-corrected chi connectivity index (χ3v) is 4.87. The van der Waals surface area contributed by atoms with Gasteiger partial charge in [0.05, 0.1) is 12.3 Å². The summed E-state index contributed by atoms with van der Waals surface area (Å²) in [4.78, 5) is 0. The number of ether oxygens (including phenoxy) is 1. The Balaban J connectivity index is 1.66. The van der Waals surface area contributed by atoms with Gasteiger partial charge in [0.15, 0.2) is 0 Å². The first-order chi connectivity index (χ1) is 9.65. The predicted molar refractivity (Wildman–Crippen MR) is 79.6 cm³/mol. The van der Waals surface area contributed by atoms with Crippen molar-refractivity contribution in [2.24, 2.45) is 13.0 Å². The summed E-state index contributed by atoms with van der Waals surface area (Å²) in [6.45, 7) is 5.41. The summed E-state index contributed by atoms with van der Waals surface area (Å²) in [6, 6.07) is 1.08. The fraction of sp³-hybridized carbons (Fsp3) is 0.812. The van der Waals surface area contributed by atoms with E-state index in [4.69, 9.17) is 4.74 Å². The lowest BCUT2D eigenvalue weighted by Gasteiger charge is -2.35. The predicted octanol–water partition coefficient (Wildman–Crippen LogP) is 2.59. The maximum Gasteiger partial charge on any atom is 0.0612 e. The molecule has 0 saturated carbocycles. The molecule has 0 spiro atoms. The molecular weight excluding hydrogens is 250 g/mol. The molecule has 1 saturated heterocycles. The SMILES string of the molecule is CC(C)C1CC(NC2CCCc3c2cnn3C)CCO1. The largest absolute Gasteiger partial charge is 0.378 e. The highest BCUT2D eigenvalue weighted by Gasteiger charge is 2.29. The van der Waals surface area contributed by atoms with Crippen molar-refractivity contribution in [3.05, 3.63) is 17.5 Å². The van der Waals surface area contributed by atoms with Crippen LogP contribution in [0.1, 0.15) is 56.8 Å². The van der Waals surface area contributed by atoms with Gasteiger partial charge in [0, 0.05) is 37.0 Å². The molecule has 2 aliphatic rings. The lowest BCUT2D eigenvalue weighted by atomic mass is 9.90. The van der Waals surface area contributed by atoms with Crippen molar-refractivity contribution in [1.82, 2.24) is 15.1 Å². The molecule has 0 amide bonds. The molecule has 112 valence electrons. The topological polar surface area (TPSA) is 39.1 Å². The van der Waals surface area contributed by atoms with Gasteiger partial charge in [-0.25, -0.2) is 0 Å². The summed E-state index contributed by atoms with van der Waals surface area (Å²) < 4.78 is 7.92. The number of rotatable bonds is 3. The first-order valence-electron chi connectivity index (χ1n) is 8.03. The van der Waals surface area contributed by atoms with E-state index in [2.05, 4.69) is 37.5 Å². The minimum Gasteiger partial charge on any atom is -0.378 e. The number of aryl methyl sites for hydroxylation is 1. The molecule has 1 aromatic rings. The number of hydrogen-bond acceptors (Lipinski definition) is 3. The van der Waals surface area contributed by atoms with E-state index in [-0.39, 0.29) is 0 Å². The fourth-order valence-corrected chi connectivity index (χ4v) is 3.61. The Morgan fingerprint density at radius 1 is 1.40 bits per heavy atom. The van der Waals surface area contributed by atoms with E-state index in [0.717, 1.165) is 19.4 Å². The van der Waals surface area contributed by atoms with Crippen LogP contribution in [0.2, 0.25) is 0 Å². The molecule has 3 unspecified atom stereocenters. The highest BCUT2D eigenvalue weighted by Crippen LogP contribution is 2.31. The van der Waals surface area contributed by atoms with E-state index in [0.29, 0.717) is 24.1 Å². The molecule has 0 bridgehead atoms. The Kier molecular flexibility index (Phi) is 4.13. The van der Waals surface area contributed by atoms with Crippen LogP contribution < -0.4 is 5.32 Å². The fourth-order valence-electron chi connectivity index (χ4n) is 3.61. The van der Waals surface area contributed by atoms with E-state index in [9.17, 15) is 0 Å². The van der Waals surface area contributed by atoms with Gasteiger partial charge in [-0.3, -0.25) is 4.68 Å². The number of nitrogens with zero attached hydrogens (tertiary/aromatic N) is 2. The Morgan fingerprint density at radius 3 is 3.05 bits per heavy atom. The number of fused-ring (bicyclic) bond motifs is 1. The van der Waals surface area contributed by atoms with Crippen LogP contribution >= 0.6 is 0 Å². The second kappa shape index (κ2) is 5.86. The van der Waals surface area contributed by atoms with Gasteiger partial charge in [0.2, 0.25) is 0 Å². The molecule has 0 radical (unpaired) electrons. The van der Waals surface area contributed by atoms with Crippen molar-refractivity contribution in [3.8, 4) is 0 Å². The van der Waals surface area contributed by atoms with E-state index < -0.39 is 0 Å². The summed E-state index contributed by atoms with van der Waals surface area (Å²) in [5, 5.41) is 8.32. The number of hydrogen-bond donors (Lipinski definition) is 1. The van der Waals surface area contributed by atoms with Crippen molar-refractivity contribution < 1.29 is 4.74 Å². The molecule has 0 aromatic carbocycles. The maximum atomic E-state index is 5.88. The number of aromatic nitrogens is 2. The summed E-state index contributed by atoms with van der Waals surface area (Å²) >= 11 is 0. The maximum absolute atomic E-state index is 5.88. The Morgan fingerprint density at radius 2 is 2.25 bits per heavy atom. The monoisotopic (exact) mass is 277 g/mol. The molecule has 4 nitrogen and oxygen atoms in total. The summed E-state index contributed by atoms with van der Waals surface area (Å²) in [6.07, 6.45) is 8.43. The second-order valence-electron chi connectivity index (χ2n) is 6.66. The molecule has 2 heterocycles. The van der Waals surface area contributed by atoms with Crippen LogP contribution in [-0.4, -0.2) is 28.5 Å². The standard InChI is InChI=1S/C16H27N3O/c1-11(2)16-9-12(7-8-20-16)18-14-5-4-6-15-13(14)10-17-19(15)3/h10-12,14,16,18H,4-9H2,1-3H3. The van der Waals surface area contributed by atoms with Crippen molar-refractivity contribution >= 4 is 0 Å². The third-order valence-electron chi connectivity index (χ3n) is 4.87. The second-order valence-corrected chi connectivity index (χ2v) is 6.66. The molecular formula is C16H27N3O. The molecule has 1 aromatic heterocycles. The van der Waals surface area contributed by atoms with Crippen LogP contribution in [0.4, 0.5) is 0 Å². The molecule has 4 heteroatoms. The minimum absolute atomic E-state index is 0.415. The van der Waals surface area contributed by atoms with Gasteiger partial charge in [0.1, 0.15) is 0 Å². The van der Waals surface area contributed by atoms with E-state index >= 15 is 0 Å². The average molecular weight is 277 g/mol. The highest BCUT2D eigenvalue weighted by atomic mass is 16.5. The quantitative estimate of drug-likeness (QED) is 0.923. The third kappa shape index (κ3) is 2.77. The van der Waals surface area contributed by atoms with Crippen LogP contribution in [0.5, 0.6) is 0 Å². The normalized spacial score (nSPS) is 30.5. The zero-order valence-corrected chi connectivity index (χ0v) is 12.9. The van der Waals surface area contributed by atoms with Crippen molar-refractivity contribution in [2.45, 2.75) is 64.1 Å². The lowest BCUT2D eigenvalue weighted by molar-refractivity contribution is -0.0262. The summed E-state index contributed by atoms with van der Waals surface area (Å²) in [5.74, 6) is 0.611. The van der Waals surface area contributed by atoms with Gasteiger partial charge in [-0.2, -0.15) is 5.10 Å². The van der Waals surface area contributed by atoms with Crippen LogP contribution in [0.3, 0.4) is 0 Å². The molecule has 3 atom stereocenters. The summed E-state index contributed by atoms with van der Waals surface area (Å²) in [7, 11) is 2.06. The van der Waals surface area contributed by atoms with Gasteiger partial charge in [-0.15, -0.1) is 0 Å². The van der Waals surface area contributed by atoms with E-state index in [1.165, 1.54) is 30.5 Å². The zero-order chi connectivity index (χ0) is 14.1. The van der Waals surface area contributed by atoms with E-state index in [1.807, 2.05) is 4.68 Å². The first kappa shape index (κ1) is 14.1. The van der Waals surface area contributed by atoms with Gasteiger partial charge in [-0.1, -0.05) is 13.8 Å². The van der Waals surface area contributed by atoms with Gasteiger partial charge in [0.25, 0.3) is 0 Å². The Hall–Kier alpha value is -0.870. The van der Waals surface area contributed by atoms with E-state index in [1.54, 1.807) is 0 Å². The molecule has 1 fully saturated rings. The highest BCUT2D eigenvalue weighted by molar-refractivity contribution is 5.24. The molecule has 20 heavy (non-hydrogen) atoms. The van der Waals surface area contributed by atoms with Gasteiger partial charge >= 0.3 is 0 Å². The van der Waals surface area contributed by atoms with Crippen molar-refractivity contribution in [3.63, 3.8) is 0 Å². The van der Waals surface area contributed by atoms with Crippen LogP contribution in [0.15, 0.2) is 6.20 Å². The first-order valence-corrected chi connectivity index (χ1v) is 8.03. The molecule has 3 rings (SSSR count).